The van der Waals surface area contributed by atoms with Gasteiger partial charge in [-0.25, -0.2) is 13.8 Å². The molecule has 1 aromatic heterocycles. The molecule has 3 rings (SSSR count). The predicted octanol–water partition coefficient (Wildman–Crippen LogP) is 4.22. The lowest BCUT2D eigenvalue weighted by molar-refractivity contribution is -0.131. The summed E-state index contributed by atoms with van der Waals surface area (Å²) in [6.07, 6.45) is 0.0901. The van der Waals surface area contributed by atoms with E-state index in [2.05, 4.69) is 4.98 Å². The molecule has 0 bridgehead atoms. The zero-order valence-electron chi connectivity index (χ0n) is 16.4. The van der Waals surface area contributed by atoms with Gasteiger partial charge in [0.15, 0.2) is 0 Å². The molecule has 0 unspecified atom stereocenters. The summed E-state index contributed by atoms with van der Waals surface area (Å²) < 4.78 is 28.1. The number of thiazole rings is 1. The van der Waals surface area contributed by atoms with Crippen LogP contribution in [-0.2, 0) is 17.8 Å². The first-order chi connectivity index (χ1) is 13.9. The first kappa shape index (κ1) is 21.1. The number of carbonyl (C=O) groups excluding carboxylic acids is 1. The Bertz CT molecular complexity index is 974. The van der Waals surface area contributed by atoms with Gasteiger partial charge in [-0.1, -0.05) is 30.3 Å². The molecule has 1 heterocycles. The van der Waals surface area contributed by atoms with Crippen LogP contribution in [0, 0.1) is 11.6 Å². The molecule has 152 valence electrons. The Kier molecular flexibility index (Phi) is 7.06. The van der Waals surface area contributed by atoms with Gasteiger partial charge in [0.05, 0.1) is 12.1 Å². The molecule has 0 aliphatic rings. The highest BCUT2D eigenvalue weighted by Crippen LogP contribution is 2.26. The van der Waals surface area contributed by atoms with Crippen LogP contribution in [0.15, 0.2) is 53.9 Å². The lowest BCUT2D eigenvalue weighted by atomic mass is 10.2. The van der Waals surface area contributed by atoms with Gasteiger partial charge in [0.25, 0.3) is 0 Å². The fraction of sp³-hybridized carbons (Fsp3) is 0.273. The Hall–Kier alpha value is -2.64. The highest BCUT2D eigenvalue weighted by Gasteiger charge is 2.18. The van der Waals surface area contributed by atoms with Crippen molar-refractivity contribution in [2.24, 2.45) is 0 Å². The van der Waals surface area contributed by atoms with E-state index in [4.69, 9.17) is 0 Å². The summed E-state index contributed by atoms with van der Waals surface area (Å²) in [6, 6.07) is 12.9. The van der Waals surface area contributed by atoms with E-state index in [1.54, 1.807) is 46.7 Å². The molecule has 1 amide bonds. The molecule has 0 radical (unpaired) electrons. The fourth-order valence-electron chi connectivity index (χ4n) is 2.86. The van der Waals surface area contributed by atoms with Crippen molar-refractivity contribution >= 4 is 17.2 Å². The number of benzene rings is 2. The van der Waals surface area contributed by atoms with Crippen LogP contribution in [0.3, 0.4) is 0 Å². The molecule has 7 heteroatoms. The smallest absolute Gasteiger partial charge is 0.228 e. The average molecular weight is 416 g/mol. The van der Waals surface area contributed by atoms with E-state index in [0.29, 0.717) is 34.9 Å². The van der Waals surface area contributed by atoms with Crippen molar-refractivity contribution in [1.82, 2.24) is 14.8 Å². The van der Waals surface area contributed by atoms with Crippen LogP contribution >= 0.6 is 11.3 Å². The Morgan fingerprint density at radius 2 is 1.69 bits per heavy atom. The second kappa shape index (κ2) is 9.71. The number of rotatable bonds is 8. The van der Waals surface area contributed by atoms with Crippen LogP contribution in [0.2, 0.25) is 0 Å². The number of likely N-dealkylation sites (N-methyl/N-ethyl adjacent to an activating group) is 1. The highest BCUT2D eigenvalue weighted by molar-refractivity contribution is 7.13. The lowest BCUT2D eigenvalue weighted by Gasteiger charge is -2.24. The maximum absolute atomic E-state index is 14.1. The Labute approximate surface area is 173 Å². The van der Waals surface area contributed by atoms with Gasteiger partial charge in [0.2, 0.25) is 5.91 Å². The van der Waals surface area contributed by atoms with Crippen LogP contribution in [-0.4, -0.2) is 47.9 Å². The second-order valence-corrected chi connectivity index (χ2v) is 7.87. The topological polar surface area (TPSA) is 36.4 Å². The quantitative estimate of drug-likeness (QED) is 0.553. The molecule has 0 N–H and O–H groups in total. The molecule has 29 heavy (non-hydrogen) atoms. The van der Waals surface area contributed by atoms with E-state index in [1.165, 1.54) is 23.5 Å². The molecule has 3 aromatic rings. The molecular formula is C22H23F2N3OS. The van der Waals surface area contributed by atoms with E-state index in [1.807, 2.05) is 19.0 Å². The van der Waals surface area contributed by atoms with Crippen LogP contribution in [0.25, 0.3) is 10.6 Å². The number of aromatic nitrogens is 1. The molecule has 0 saturated heterocycles. The molecule has 0 fully saturated rings. The minimum absolute atomic E-state index is 0.0901. The van der Waals surface area contributed by atoms with Gasteiger partial charge in [-0.3, -0.25) is 4.79 Å². The van der Waals surface area contributed by atoms with Crippen molar-refractivity contribution in [2.75, 3.05) is 27.2 Å². The molecule has 0 atom stereocenters. The van der Waals surface area contributed by atoms with Gasteiger partial charge in [-0.2, -0.15) is 0 Å². The predicted molar refractivity (Wildman–Crippen MR) is 112 cm³/mol. The van der Waals surface area contributed by atoms with E-state index in [0.717, 1.165) is 0 Å². The maximum atomic E-state index is 14.1. The zero-order chi connectivity index (χ0) is 20.8. The summed E-state index contributed by atoms with van der Waals surface area (Å²) >= 11 is 1.31. The van der Waals surface area contributed by atoms with E-state index >= 15 is 0 Å². The molecular weight excluding hydrogens is 392 g/mol. The van der Waals surface area contributed by atoms with Crippen molar-refractivity contribution in [3.63, 3.8) is 0 Å². The van der Waals surface area contributed by atoms with Gasteiger partial charge in [0.1, 0.15) is 16.6 Å². The van der Waals surface area contributed by atoms with Gasteiger partial charge in [-0.15, -0.1) is 11.3 Å². The maximum Gasteiger partial charge on any atom is 0.228 e. The van der Waals surface area contributed by atoms with Gasteiger partial charge >= 0.3 is 0 Å². The van der Waals surface area contributed by atoms with Crippen molar-refractivity contribution in [2.45, 2.75) is 13.0 Å². The fourth-order valence-corrected chi connectivity index (χ4v) is 3.70. The Balaban J connectivity index is 1.74. The van der Waals surface area contributed by atoms with Gasteiger partial charge in [-0.05, 0) is 32.3 Å². The van der Waals surface area contributed by atoms with Crippen LogP contribution in [0.5, 0.6) is 0 Å². The third kappa shape index (κ3) is 5.68. The van der Waals surface area contributed by atoms with Crippen molar-refractivity contribution in [3.05, 3.63) is 76.8 Å². The first-order valence-electron chi connectivity index (χ1n) is 9.29. The molecule has 0 saturated carbocycles. The van der Waals surface area contributed by atoms with E-state index in [-0.39, 0.29) is 30.5 Å². The number of amides is 1. The molecule has 4 nitrogen and oxygen atoms in total. The van der Waals surface area contributed by atoms with Crippen LogP contribution in [0.1, 0.15) is 11.3 Å². The minimum atomic E-state index is -0.341. The largest absolute Gasteiger partial charge is 0.337 e. The standard InChI is InChI=1S/C22H23F2N3OS/c1-26(2)11-12-27(14-16-7-3-5-9-19(16)23)21(28)13-17-15-29-22(25-17)18-8-4-6-10-20(18)24/h3-10,15H,11-14H2,1-2H3. The average Bonchev–Trinajstić information content (AvgIpc) is 3.14. The van der Waals surface area contributed by atoms with Crippen LogP contribution < -0.4 is 0 Å². The summed E-state index contributed by atoms with van der Waals surface area (Å²) in [7, 11) is 3.85. The van der Waals surface area contributed by atoms with Crippen molar-refractivity contribution in [3.8, 4) is 10.6 Å². The zero-order valence-corrected chi connectivity index (χ0v) is 17.3. The second-order valence-electron chi connectivity index (χ2n) is 7.01. The monoisotopic (exact) mass is 415 g/mol. The first-order valence-corrected chi connectivity index (χ1v) is 10.2. The molecule has 0 aliphatic heterocycles. The summed E-state index contributed by atoms with van der Waals surface area (Å²) in [6.45, 7) is 1.34. The number of halogens is 2. The summed E-state index contributed by atoms with van der Waals surface area (Å²) in [4.78, 5) is 21.0. The number of nitrogens with zero attached hydrogens (tertiary/aromatic N) is 3. The van der Waals surface area contributed by atoms with Crippen LogP contribution in [0.4, 0.5) is 8.78 Å². The lowest BCUT2D eigenvalue weighted by Crippen LogP contribution is -2.37. The molecule has 0 aliphatic carbocycles. The normalized spacial score (nSPS) is 11.1. The SMILES string of the molecule is CN(C)CCN(Cc1ccccc1F)C(=O)Cc1csc(-c2ccccc2F)n1. The minimum Gasteiger partial charge on any atom is -0.337 e. The summed E-state index contributed by atoms with van der Waals surface area (Å²) in [5.41, 5.74) is 1.48. The Morgan fingerprint density at radius 1 is 1.00 bits per heavy atom. The third-order valence-electron chi connectivity index (χ3n) is 4.48. The summed E-state index contributed by atoms with van der Waals surface area (Å²) in [5.74, 6) is -0.807. The Morgan fingerprint density at radius 3 is 2.38 bits per heavy atom. The van der Waals surface area contributed by atoms with Gasteiger partial charge in [0, 0.05) is 36.1 Å². The highest BCUT2D eigenvalue weighted by atomic mass is 32.1. The third-order valence-corrected chi connectivity index (χ3v) is 5.40. The van der Waals surface area contributed by atoms with Gasteiger partial charge < -0.3 is 9.80 Å². The van der Waals surface area contributed by atoms with E-state index in [9.17, 15) is 13.6 Å². The van der Waals surface area contributed by atoms with Crippen molar-refractivity contribution in [1.29, 1.82) is 0 Å². The van der Waals surface area contributed by atoms with E-state index < -0.39 is 0 Å². The molecule has 0 spiro atoms. The summed E-state index contributed by atoms with van der Waals surface area (Å²) in [5, 5.41) is 2.31. The van der Waals surface area contributed by atoms with Crippen molar-refractivity contribution < 1.29 is 13.6 Å². The number of hydrogen-bond acceptors (Lipinski definition) is 4. The molecule has 2 aromatic carbocycles. The number of hydrogen-bond donors (Lipinski definition) is 0. The number of carbonyl (C=O) groups is 1.